The molecule has 0 bridgehead atoms. The minimum absolute atomic E-state index is 0.00134. The summed E-state index contributed by atoms with van der Waals surface area (Å²) in [4.78, 5) is 36.0. The number of rotatable bonds is 3. The Kier molecular flexibility index (Phi) is 4.73. The molecule has 1 saturated heterocycles. The van der Waals surface area contributed by atoms with Crippen LogP contribution in [0, 0.1) is 29.1 Å². The van der Waals surface area contributed by atoms with E-state index in [4.69, 9.17) is 5.26 Å². The summed E-state index contributed by atoms with van der Waals surface area (Å²) in [5.74, 6) is 0.576. The second-order valence-electron chi connectivity index (χ2n) is 9.77. The van der Waals surface area contributed by atoms with Crippen LogP contribution in [0.5, 0.6) is 0 Å². The van der Waals surface area contributed by atoms with E-state index >= 15 is 0 Å². The van der Waals surface area contributed by atoms with Crippen LogP contribution in [0.3, 0.4) is 0 Å². The predicted octanol–water partition coefficient (Wildman–Crippen LogP) is 3.23. The lowest BCUT2D eigenvalue weighted by Gasteiger charge is -2.30. The predicted molar refractivity (Wildman–Crippen MR) is 133 cm³/mol. The molecule has 3 aromatic heterocycles. The molecule has 8 nitrogen and oxygen atoms in total. The number of likely N-dealkylation sites (tertiary alicyclic amines) is 1. The van der Waals surface area contributed by atoms with Gasteiger partial charge in [-0.3, -0.25) is 9.59 Å². The SMILES string of the molecule is N#Cc1ccc2c(c1)CCN(C(=O)C1[C@H]3CN(C(=O)c4cnn5c(-c6cccs6)ccnc45)C[C@@H]13)C2. The van der Waals surface area contributed by atoms with Crippen LogP contribution in [-0.4, -0.2) is 55.8 Å². The number of nitrogens with zero attached hydrogens (tertiary/aromatic N) is 6. The maximum absolute atomic E-state index is 13.4. The van der Waals surface area contributed by atoms with Gasteiger partial charge in [-0.2, -0.15) is 10.4 Å². The second-order valence-corrected chi connectivity index (χ2v) is 10.7. The lowest BCUT2D eigenvalue weighted by molar-refractivity contribution is -0.134. The van der Waals surface area contributed by atoms with Crippen LogP contribution in [0.25, 0.3) is 16.2 Å². The Bertz CT molecular complexity index is 1560. The average molecular weight is 495 g/mol. The maximum atomic E-state index is 13.4. The highest BCUT2D eigenvalue weighted by atomic mass is 32.1. The molecule has 0 radical (unpaired) electrons. The van der Waals surface area contributed by atoms with Crippen molar-refractivity contribution in [3.05, 3.63) is 76.4 Å². The van der Waals surface area contributed by atoms with E-state index < -0.39 is 0 Å². The van der Waals surface area contributed by atoms with E-state index in [-0.39, 0.29) is 29.6 Å². The number of nitriles is 1. The van der Waals surface area contributed by atoms with E-state index in [0.29, 0.717) is 43.0 Å². The van der Waals surface area contributed by atoms with Gasteiger partial charge in [0.1, 0.15) is 5.56 Å². The fourth-order valence-corrected chi connectivity index (χ4v) is 6.64. The molecule has 1 unspecified atom stereocenters. The molecular formula is C27H22N6O2S. The first-order chi connectivity index (χ1) is 17.6. The van der Waals surface area contributed by atoms with Crippen LogP contribution >= 0.6 is 11.3 Å². The number of piperidine rings is 1. The van der Waals surface area contributed by atoms with E-state index in [0.717, 1.165) is 28.1 Å². The van der Waals surface area contributed by atoms with Crippen molar-refractivity contribution in [2.45, 2.75) is 13.0 Å². The van der Waals surface area contributed by atoms with Crippen molar-refractivity contribution >= 4 is 28.8 Å². The molecule has 5 heterocycles. The Morgan fingerprint density at radius 2 is 1.94 bits per heavy atom. The van der Waals surface area contributed by atoms with Crippen molar-refractivity contribution in [1.29, 1.82) is 5.26 Å². The third-order valence-corrected chi connectivity index (χ3v) is 8.72. The first-order valence-electron chi connectivity index (χ1n) is 12.1. The number of amides is 2. The van der Waals surface area contributed by atoms with Gasteiger partial charge in [0.25, 0.3) is 5.91 Å². The highest BCUT2D eigenvalue weighted by Gasteiger charge is 2.61. The van der Waals surface area contributed by atoms with Crippen molar-refractivity contribution < 1.29 is 9.59 Å². The number of fused-ring (bicyclic) bond motifs is 3. The Morgan fingerprint density at radius 3 is 2.72 bits per heavy atom. The van der Waals surface area contributed by atoms with Gasteiger partial charge in [-0.1, -0.05) is 12.1 Å². The van der Waals surface area contributed by atoms with Gasteiger partial charge in [0, 0.05) is 38.3 Å². The van der Waals surface area contributed by atoms with Gasteiger partial charge >= 0.3 is 0 Å². The summed E-state index contributed by atoms with van der Waals surface area (Å²) in [7, 11) is 0. The molecule has 3 aliphatic rings. The zero-order chi connectivity index (χ0) is 24.4. The summed E-state index contributed by atoms with van der Waals surface area (Å²) in [5, 5.41) is 15.6. The molecule has 0 N–H and O–H groups in total. The van der Waals surface area contributed by atoms with Crippen molar-refractivity contribution in [2.24, 2.45) is 17.8 Å². The quantitative estimate of drug-likeness (QED) is 0.436. The molecule has 7 rings (SSSR count). The zero-order valence-corrected chi connectivity index (χ0v) is 20.2. The molecule has 1 aromatic carbocycles. The number of carbonyl (C=O) groups is 2. The van der Waals surface area contributed by atoms with Gasteiger partial charge < -0.3 is 9.80 Å². The van der Waals surface area contributed by atoms with Gasteiger partial charge in [0.05, 0.1) is 28.4 Å². The smallest absolute Gasteiger partial charge is 0.259 e. The number of hydrogen-bond donors (Lipinski definition) is 0. The van der Waals surface area contributed by atoms with Gasteiger partial charge in [-0.25, -0.2) is 9.50 Å². The van der Waals surface area contributed by atoms with Crippen molar-refractivity contribution in [2.75, 3.05) is 19.6 Å². The van der Waals surface area contributed by atoms with Crippen LogP contribution < -0.4 is 0 Å². The third kappa shape index (κ3) is 3.25. The van der Waals surface area contributed by atoms with E-state index in [2.05, 4.69) is 16.2 Å². The standard InChI is InChI=1S/C27H22N6O2S/c28-11-16-3-4-18-13-31(8-6-17(18)10-16)27(35)24-20-14-32(15-21(20)24)26(34)19-12-30-33-22(5-7-29-25(19)33)23-2-1-9-36-23/h1-5,7,9-10,12,20-21,24H,6,8,13-15H2/t20-,21+,24?. The summed E-state index contributed by atoms with van der Waals surface area (Å²) < 4.78 is 1.73. The Labute approximate surface area is 211 Å². The molecular weight excluding hydrogens is 472 g/mol. The molecule has 1 saturated carbocycles. The molecule has 2 fully saturated rings. The monoisotopic (exact) mass is 494 g/mol. The molecule has 9 heteroatoms. The highest BCUT2D eigenvalue weighted by molar-refractivity contribution is 7.13. The van der Waals surface area contributed by atoms with Crippen LogP contribution in [-0.2, 0) is 17.8 Å². The average Bonchev–Trinajstić information content (AvgIpc) is 3.41. The molecule has 36 heavy (non-hydrogen) atoms. The van der Waals surface area contributed by atoms with Crippen LogP contribution in [0.4, 0.5) is 0 Å². The number of aromatic nitrogens is 3. The number of carbonyl (C=O) groups excluding carboxylic acids is 2. The van der Waals surface area contributed by atoms with Crippen LogP contribution in [0.15, 0.2) is 54.2 Å². The van der Waals surface area contributed by atoms with Crippen LogP contribution in [0.2, 0.25) is 0 Å². The molecule has 2 aliphatic heterocycles. The summed E-state index contributed by atoms with van der Waals surface area (Å²) in [6.45, 7) is 2.47. The van der Waals surface area contributed by atoms with Gasteiger partial charge in [0.2, 0.25) is 5.91 Å². The molecule has 0 spiro atoms. The normalized spacial score (nSPS) is 22.2. The Morgan fingerprint density at radius 1 is 1.08 bits per heavy atom. The summed E-state index contributed by atoms with van der Waals surface area (Å²) >= 11 is 1.62. The van der Waals surface area contributed by atoms with Crippen molar-refractivity contribution in [3.63, 3.8) is 0 Å². The minimum Gasteiger partial charge on any atom is -0.338 e. The first-order valence-corrected chi connectivity index (χ1v) is 13.0. The number of thiophene rings is 1. The van der Waals surface area contributed by atoms with Crippen molar-refractivity contribution in [3.8, 4) is 16.6 Å². The molecule has 2 amide bonds. The Balaban J connectivity index is 1.03. The molecule has 3 atom stereocenters. The summed E-state index contributed by atoms with van der Waals surface area (Å²) in [6, 6.07) is 13.8. The van der Waals surface area contributed by atoms with Crippen molar-refractivity contribution in [1.82, 2.24) is 24.4 Å². The third-order valence-electron chi connectivity index (χ3n) is 7.83. The fraction of sp³-hybridized carbons (Fsp3) is 0.296. The second kappa shape index (κ2) is 8.00. The molecule has 178 valence electrons. The largest absolute Gasteiger partial charge is 0.338 e. The van der Waals surface area contributed by atoms with Gasteiger partial charge in [-0.05, 0) is 59.0 Å². The molecule has 1 aliphatic carbocycles. The minimum atomic E-state index is -0.0700. The van der Waals surface area contributed by atoms with Gasteiger partial charge in [0.15, 0.2) is 5.65 Å². The van der Waals surface area contributed by atoms with Crippen LogP contribution in [0.1, 0.15) is 27.0 Å². The molecule has 4 aromatic rings. The van der Waals surface area contributed by atoms with E-state index in [1.54, 1.807) is 28.2 Å². The first kappa shape index (κ1) is 21.3. The zero-order valence-electron chi connectivity index (χ0n) is 19.4. The lowest BCUT2D eigenvalue weighted by atomic mass is 9.97. The number of hydrogen-bond acceptors (Lipinski definition) is 6. The Hall–Kier alpha value is -4.03. The fourth-order valence-electron chi connectivity index (χ4n) is 5.90. The van der Waals surface area contributed by atoms with E-state index in [1.807, 2.05) is 51.6 Å². The highest BCUT2D eigenvalue weighted by Crippen LogP contribution is 2.53. The van der Waals surface area contributed by atoms with E-state index in [1.165, 1.54) is 0 Å². The summed E-state index contributed by atoms with van der Waals surface area (Å²) in [6.07, 6.45) is 4.10. The maximum Gasteiger partial charge on any atom is 0.259 e. The summed E-state index contributed by atoms with van der Waals surface area (Å²) in [5.41, 5.74) is 4.93. The lowest BCUT2D eigenvalue weighted by Crippen LogP contribution is -2.40. The topological polar surface area (TPSA) is 94.6 Å². The van der Waals surface area contributed by atoms with E-state index in [9.17, 15) is 9.59 Å². The van der Waals surface area contributed by atoms with Gasteiger partial charge in [-0.15, -0.1) is 11.3 Å². The number of benzene rings is 1.